The molecule has 318 valence electrons. The molecule has 2 spiro atoms. The third kappa shape index (κ3) is 4.78. The predicted molar refractivity (Wildman–Crippen MR) is 269 cm³/mol. The van der Waals surface area contributed by atoms with Gasteiger partial charge in [0.25, 0.3) is 0 Å². The molecule has 0 radical (unpaired) electrons. The molecule has 0 N–H and O–H groups in total. The topological polar surface area (TPSA) is 57.2 Å². The van der Waals surface area contributed by atoms with Crippen LogP contribution in [0.5, 0.6) is 0 Å². The molecule has 1 unspecified atom stereocenters. The van der Waals surface area contributed by atoms with E-state index in [0.29, 0.717) is 0 Å². The Hall–Kier alpha value is -7.28. The van der Waals surface area contributed by atoms with Gasteiger partial charge in [-0.1, -0.05) is 152 Å². The lowest BCUT2D eigenvalue weighted by Crippen LogP contribution is -2.33. The second-order valence-corrected chi connectivity index (χ2v) is 21.9. The normalized spacial score (nSPS) is 15.1. The Labute approximate surface area is 393 Å². The first-order chi connectivity index (χ1) is 32.8. The van der Waals surface area contributed by atoms with E-state index in [1.165, 1.54) is 50.1 Å². The summed E-state index contributed by atoms with van der Waals surface area (Å²) in [7, 11) is -3.93. The lowest BCUT2D eigenvalue weighted by atomic mass is 9.62. The molecule has 1 atom stereocenters. The molecule has 0 bridgehead atoms. The molecular weight excluding hydrogens is 857 g/mol. The van der Waals surface area contributed by atoms with Gasteiger partial charge in [0.05, 0.1) is 20.6 Å². The molecule has 67 heavy (non-hydrogen) atoms. The molecule has 4 aliphatic carbocycles. The van der Waals surface area contributed by atoms with Crippen LogP contribution in [0, 0.1) is 13.8 Å². The molecule has 14 rings (SSSR count). The molecule has 5 heteroatoms. The summed E-state index contributed by atoms with van der Waals surface area (Å²) in [4.78, 5) is 2.03. The van der Waals surface area contributed by atoms with Gasteiger partial charge in [-0.2, -0.15) is 0 Å². The summed E-state index contributed by atoms with van der Waals surface area (Å²) >= 11 is -1.45. The van der Waals surface area contributed by atoms with Crippen LogP contribution in [-0.4, -0.2) is 13.0 Å². The maximum atomic E-state index is 14.9. The van der Waals surface area contributed by atoms with E-state index in [1.54, 1.807) is 24.3 Å². The Morgan fingerprint density at radius 2 is 0.776 bits per heavy atom. The summed E-state index contributed by atoms with van der Waals surface area (Å²) in [5.74, 6) is 0. The SMILES string of the molecule is Cc1cc2c3c(c4c(c2cc1C)-c1ccc(S(=O)(=O)c2ccccc2)cc1C41c2ccccc2-c2ccccc21)C1(c2ccccc2-c2ccccc21)c1cc([S+]([O-])c2ccccc2)ccc1-3. The summed E-state index contributed by atoms with van der Waals surface area (Å²) < 4.78 is 44.5. The minimum atomic E-state index is -3.93. The quantitative estimate of drug-likeness (QED) is 0.165. The molecule has 0 amide bonds. The van der Waals surface area contributed by atoms with Gasteiger partial charge in [-0.15, -0.1) is 0 Å². The van der Waals surface area contributed by atoms with Crippen molar-refractivity contribution in [2.45, 2.75) is 44.3 Å². The molecule has 0 fully saturated rings. The highest BCUT2D eigenvalue weighted by molar-refractivity contribution is 7.91. The highest BCUT2D eigenvalue weighted by Gasteiger charge is 2.61. The first-order valence-corrected chi connectivity index (χ1v) is 25.5. The Morgan fingerprint density at radius 3 is 1.25 bits per heavy atom. The first kappa shape index (κ1) is 38.9. The van der Waals surface area contributed by atoms with Crippen LogP contribution in [0.3, 0.4) is 0 Å². The molecule has 0 saturated heterocycles. The molecule has 4 aliphatic rings. The van der Waals surface area contributed by atoms with Gasteiger partial charge in [-0.25, -0.2) is 8.42 Å². The largest absolute Gasteiger partial charge is 0.606 e. The van der Waals surface area contributed by atoms with Crippen LogP contribution in [0.25, 0.3) is 55.3 Å². The van der Waals surface area contributed by atoms with Gasteiger partial charge < -0.3 is 4.55 Å². The van der Waals surface area contributed by atoms with Crippen LogP contribution < -0.4 is 0 Å². The average Bonchev–Trinajstić information content (AvgIpc) is 4.06. The van der Waals surface area contributed by atoms with Gasteiger partial charge in [0.15, 0.2) is 9.79 Å². The van der Waals surface area contributed by atoms with Crippen LogP contribution in [0.15, 0.2) is 226 Å². The minimum absolute atomic E-state index is 0.265. The van der Waals surface area contributed by atoms with Crippen molar-refractivity contribution >= 4 is 31.8 Å². The molecule has 0 aromatic heterocycles. The van der Waals surface area contributed by atoms with Crippen molar-refractivity contribution in [2.24, 2.45) is 0 Å². The average molecular weight is 897 g/mol. The highest BCUT2D eigenvalue weighted by atomic mass is 32.2. The number of hydrogen-bond donors (Lipinski definition) is 0. The Bertz CT molecular complexity index is 3840. The zero-order valence-corrected chi connectivity index (χ0v) is 38.3. The van der Waals surface area contributed by atoms with Crippen LogP contribution in [0.1, 0.15) is 55.6 Å². The van der Waals surface area contributed by atoms with Gasteiger partial charge in [0.1, 0.15) is 0 Å². The summed E-state index contributed by atoms with van der Waals surface area (Å²) in [5, 5.41) is 2.28. The van der Waals surface area contributed by atoms with Crippen LogP contribution in [0.4, 0.5) is 0 Å². The first-order valence-electron chi connectivity index (χ1n) is 22.8. The molecular formula is C62H40O3S2. The second kappa shape index (κ2) is 13.6. The van der Waals surface area contributed by atoms with Crippen molar-refractivity contribution in [1.29, 1.82) is 0 Å². The summed E-state index contributed by atoms with van der Waals surface area (Å²) in [6, 6.07) is 71.0. The van der Waals surface area contributed by atoms with Crippen molar-refractivity contribution in [2.75, 3.05) is 0 Å². The predicted octanol–water partition coefficient (Wildman–Crippen LogP) is 14.1. The molecule has 10 aromatic rings. The Kier molecular flexibility index (Phi) is 7.93. The van der Waals surface area contributed by atoms with Gasteiger partial charge in [0.2, 0.25) is 9.84 Å². The van der Waals surface area contributed by atoms with E-state index >= 15 is 0 Å². The summed E-state index contributed by atoms with van der Waals surface area (Å²) in [6.45, 7) is 4.39. The van der Waals surface area contributed by atoms with E-state index in [-0.39, 0.29) is 9.79 Å². The Morgan fingerprint density at radius 1 is 0.373 bits per heavy atom. The number of benzene rings is 10. The maximum Gasteiger partial charge on any atom is 0.206 e. The summed E-state index contributed by atoms with van der Waals surface area (Å²) in [5.41, 5.74) is 18.7. The van der Waals surface area contributed by atoms with E-state index in [1.807, 2.05) is 48.5 Å². The van der Waals surface area contributed by atoms with E-state index in [2.05, 4.69) is 147 Å². The lowest BCUT2D eigenvalue weighted by Gasteiger charge is -2.38. The zero-order chi connectivity index (χ0) is 45.0. The molecule has 10 aromatic carbocycles. The van der Waals surface area contributed by atoms with Gasteiger partial charge in [-0.05, 0) is 179 Å². The van der Waals surface area contributed by atoms with E-state index < -0.39 is 31.8 Å². The van der Waals surface area contributed by atoms with Crippen molar-refractivity contribution < 1.29 is 13.0 Å². The number of aryl methyl sites for hydroxylation is 2. The molecule has 0 aliphatic heterocycles. The smallest absolute Gasteiger partial charge is 0.206 e. The third-order valence-corrected chi connectivity index (χ3v) is 18.6. The van der Waals surface area contributed by atoms with Crippen molar-refractivity contribution in [3.8, 4) is 44.5 Å². The van der Waals surface area contributed by atoms with Gasteiger partial charge >= 0.3 is 0 Å². The number of sulfone groups is 1. The fourth-order valence-corrected chi connectivity index (χ4v) is 15.1. The number of hydrogen-bond acceptors (Lipinski definition) is 3. The molecule has 0 saturated carbocycles. The van der Waals surface area contributed by atoms with Crippen LogP contribution in [0.2, 0.25) is 0 Å². The second-order valence-electron chi connectivity index (χ2n) is 18.5. The lowest BCUT2D eigenvalue weighted by molar-refractivity contribution is 0.594. The number of fused-ring (bicyclic) bond motifs is 24. The third-order valence-electron chi connectivity index (χ3n) is 15.4. The zero-order valence-electron chi connectivity index (χ0n) is 36.7. The fourth-order valence-electron chi connectivity index (χ4n) is 12.7. The molecule has 3 nitrogen and oxygen atoms in total. The molecule has 0 heterocycles. The van der Waals surface area contributed by atoms with E-state index in [4.69, 9.17) is 0 Å². The standard InChI is InChI=1S/C62H40O3S2/c1-37-33-49-50(34-38(37)2)58-48-32-30-42(67(64,65)41-19-7-4-8-20-41)36-56(48)62(53-27-15-11-23-45(53)46-24-12-16-28-54(46)62)60(58)59-57(49)47-31-29-40(66(63)39-17-5-3-6-18-39)35-55(47)61(59)51-25-13-9-21-43(51)44-22-10-14-26-52(44)61/h3-36H,1-2H3. The van der Waals surface area contributed by atoms with Gasteiger partial charge in [0, 0.05) is 11.2 Å². The van der Waals surface area contributed by atoms with E-state index in [9.17, 15) is 13.0 Å². The van der Waals surface area contributed by atoms with E-state index in [0.717, 1.165) is 70.6 Å². The maximum absolute atomic E-state index is 14.9. The monoisotopic (exact) mass is 896 g/mol. The van der Waals surface area contributed by atoms with Crippen molar-refractivity contribution in [3.05, 3.63) is 262 Å². The van der Waals surface area contributed by atoms with Crippen molar-refractivity contribution in [1.82, 2.24) is 0 Å². The highest BCUT2D eigenvalue weighted by Crippen LogP contribution is 2.72. The van der Waals surface area contributed by atoms with Crippen molar-refractivity contribution in [3.63, 3.8) is 0 Å². The summed E-state index contributed by atoms with van der Waals surface area (Å²) in [6.07, 6.45) is 0. The van der Waals surface area contributed by atoms with Crippen LogP contribution in [-0.2, 0) is 31.8 Å². The minimum Gasteiger partial charge on any atom is -0.606 e. The number of rotatable bonds is 4. The van der Waals surface area contributed by atoms with Crippen LogP contribution >= 0.6 is 0 Å². The van der Waals surface area contributed by atoms with Gasteiger partial charge in [-0.3, -0.25) is 0 Å². The fraction of sp³-hybridized carbons (Fsp3) is 0.0645. The Balaban J connectivity index is 1.22.